The zero-order chi connectivity index (χ0) is 11.4. The summed E-state index contributed by atoms with van der Waals surface area (Å²) in [6.07, 6.45) is 5.81. The molecule has 0 spiro atoms. The molecular formula is C11H19N5. The smallest absolute Gasteiger partial charge is 0.149 e. The van der Waals surface area contributed by atoms with E-state index in [2.05, 4.69) is 20.2 Å². The van der Waals surface area contributed by atoms with Crippen LogP contribution >= 0.6 is 0 Å². The van der Waals surface area contributed by atoms with Crippen molar-refractivity contribution in [3.63, 3.8) is 0 Å². The molecule has 1 aromatic rings. The minimum atomic E-state index is 0.481. The molecule has 0 atom stereocenters. The maximum Gasteiger partial charge on any atom is 0.149 e. The number of hydrogen-bond acceptors (Lipinski definition) is 5. The lowest BCUT2D eigenvalue weighted by atomic mass is 9.98. The Kier molecular flexibility index (Phi) is 3.56. The van der Waals surface area contributed by atoms with E-state index in [4.69, 9.17) is 5.73 Å². The van der Waals surface area contributed by atoms with Crippen LogP contribution in [0.25, 0.3) is 0 Å². The highest BCUT2D eigenvalue weighted by atomic mass is 15.2. The van der Waals surface area contributed by atoms with E-state index in [-0.39, 0.29) is 0 Å². The number of piperidine rings is 1. The molecule has 3 N–H and O–H groups in total. The quantitative estimate of drug-likeness (QED) is 0.777. The number of anilines is 2. The molecule has 0 radical (unpaired) electrons. The number of hydrogen-bond donors (Lipinski definition) is 2. The largest absolute Gasteiger partial charge is 0.382 e. The second kappa shape index (κ2) is 5.12. The van der Waals surface area contributed by atoms with Gasteiger partial charge in [-0.1, -0.05) is 0 Å². The van der Waals surface area contributed by atoms with E-state index in [9.17, 15) is 0 Å². The monoisotopic (exact) mass is 221 g/mol. The van der Waals surface area contributed by atoms with Crippen molar-refractivity contribution in [2.24, 2.45) is 5.92 Å². The predicted octanol–water partition coefficient (Wildman–Crippen LogP) is 0.495. The Morgan fingerprint density at radius 3 is 2.88 bits per heavy atom. The fourth-order valence-corrected chi connectivity index (χ4v) is 2.10. The summed E-state index contributed by atoms with van der Waals surface area (Å²) < 4.78 is 0. The minimum Gasteiger partial charge on any atom is -0.382 e. The van der Waals surface area contributed by atoms with E-state index < -0.39 is 0 Å². The molecule has 0 aliphatic carbocycles. The average molecular weight is 221 g/mol. The molecular weight excluding hydrogens is 202 g/mol. The van der Waals surface area contributed by atoms with Gasteiger partial charge in [0.15, 0.2) is 0 Å². The Labute approximate surface area is 96.1 Å². The van der Waals surface area contributed by atoms with Gasteiger partial charge in [0.25, 0.3) is 0 Å². The molecule has 1 aromatic heterocycles. The average Bonchev–Trinajstić information content (AvgIpc) is 2.30. The Balaban J connectivity index is 1.94. The lowest BCUT2D eigenvalue weighted by molar-refractivity contribution is 0.377. The van der Waals surface area contributed by atoms with Gasteiger partial charge in [0.1, 0.15) is 11.6 Å². The molecule has 1 aliphatic rings. The second-order valence-electron chi connectivity index (χ2n) is 4.38. The van der Waals surface area contributed by atoms with E-state index in [0.717, 1.165) is 31.4 Å². The van der Waals surface area contributed by atoms with Crippen LogP contribution in [0.3, 0.4) is 0 Å². The first kappa shape index (κ1) is 11.1. The topological polar surface area (TPSA) is 67.1 Å². The van der Waals surface area contributed by atoms with Gasteiger partial charge in [-0.2, -0.15) is 0 Å². The van der Waals surface area contributed by atoms with Crippen LogP contribution in [0.4, 0.5) is 11.6 Å². The van der Waals surface area contributed by atoms with Gasteiger partial charge in [0.05, 0.1) is 12.4 Å². The third-order valence-electron chi connectivity index (χ3n) is 3.02. The van der Waals surface area contributed by atoms with Gasteiger partial charge >= 0.3 is 0 Å². The minimum absolute atomic E-state index is 0.481. The summed E-state index contributed by atoms with van der Waals surface area (Å²) >= 11 is 0. The fourth-order valence-electron chi connectivity index (χ4n) is 2.10. The fraction of sp³-hybridized carbons (Fsp3) is 0.636. The molecule has 88 valence electrons. The van der Waals surface area contributed by atoms with Crippen LogP contribution in [0.5, 0.6) is 0 Å². The first-order valence-electron chi connectivity index (χ1n) is 5.75. The standard InChI is InChI=1S/C11H19N5/c1-16(8-9-2-4-13-5-3-9)11-7-14-6-10(12)15-11/h6-7,9,13H,2-5,8H2,1H3,(H2,12,15). The van der Waals surface area contributed by atoms with Gasteiger partial charge in [-0.3, -0.25) is 4.98 Å². The Morgan fingerprint density at radius 1 is 1.44 bits per heavy atom. The zero-order valence-electron chi connectivity index (χ0n) is 9.69. The molecule has 1 aliphatic heterocycles. The van der Waals surface area contributed by atoms with Crippen molar-refractivity contribution in [1.29, 1.82) is 0 Å². The molecule has 0 unspecified atom stereocenters. The molecule has 0 amide bonds. The van der Waals surface area contributed by atoms with Crippen LogP contribution in [0, 0.1) is 5.92 Å². The maximum absolute atomic E-state index is 5.62. The van der Waals surface area contributed by atoms with Crippen molar-refractivity contribution in [3.8, 4) is 0 Å². The molecule has 0 bridgehead atoms. The van der Waals surface area contributed by atoms with Gasteiger partial charge in [0, 0.05) is 13.6 Å². The van der Waals surface area contributed by atoms with E-state index in [1.807, 2.05) is 7.05 Å². The lowest BCUT2D eigenvalue weighted by Crippen LogP contribution is -2.34. The normalized spacial score (nSPS) is 17.3. The molecule has 0 aromatic carbocycles. The van der Waals surface area contributed by atoms with Crippen molar-refractivity contribution < 1.29 is 0 Å². The highest BCUT2D eigenvalue weighted by Crippen LogP contribution is 2.16. The summed E-state index contributed by atoms with van der Waals surface area (Å²) in [4.78, 5) is 10.5. The predicted molar refractivity (Wildman–Crippen MR) is 65.3 cm³/mol. The summed E-state index contributed by atoms with van der Waals surface area (Å²) in [5.74, 6) is 2.09. The van der Waals surface area contributed by atoms with E-state index in [0.29, 0.717) is 5.82 Å². The lowest BCUT2D eigenvalue weighted by Gasteiger charge is -2.28. The molecule has 1 saturated heterocycles. The van der Waals surface area contributed by atoms with Crippen LogP contribution in [-0.4, -0.2) is 36.6 Å². The van der Waals surface area contributed by atoms with Crippen molar-refractivity contribution >= 4 is 11.6 Å². The van der Waals surface area contributed by atoms with E-state index >= 15 is 0 Å². The van der Waals surface area contributed by atoms with Gasteiger partial charge in [-0.15, -0.1) is 0 Å². The van der Waals surface area contributed by atoms with Gasteiger partial charge in [0.2, 0.25) is 0 Å². The van der Waals surface area contributed by atoms with Crippen molar-refractivity contribution in [1.82, 2.24) is 15.3 Å². The van der Waals surface area contributed by atoms with Crippen molar-refractivity contribution in [2.75, 3.05) is 37.3 Å². The first-order valence-corrected chi connectivity index (χ1v) is 5.75. The zero-order valence-corrected chi connectivity index (χ0v) is 9.69. The Morgan fingerprint density at radius 2 is 2.19 bits per heavy atom. The third-order valence-corrected chi connectivity index (χ3v) is 3.02. The highest BCUT2D eigenvalue weighted by molar-refractivity contribution is 5.40. The number of nitrogens with one attached hydrogen (secondary N) is 1. The third kappa shape index (κ3) is 2.82. The Bertz CT molecular complexity index is 335. The summed E-state index contributed by atoms with van der Waals surface area (Å²) in [6, 6.07) is 0. The van der Waals surface area contributed by atoms with Gasteiger partial charge in [-0.25, -0.2) is 4.98 Å². The number of nitrogens with two attached hydrogens (primary N) is 1. The van der Waals surface area contributed by atoms with Crippen molar-refractivity contribution in [2.45, 2.75) is 12.8 Å². The summed E-state index contributed by atoms with van der Waals surface area (Å²) in [5, 5.41) is 3.37. The number of rotatable bonds is 3. The molecule has 16 heavy (non-hydrogen) atoms. The van der Waals surface area contributed by atoms with Crippen LogP contribution in [0.2, 0.25) is 0 Å². The van der Waals surface area contributed by atoms with Gasteiger partial charge < -0.3 is 16.0 Å². The molecule has 2 heterocycles. The van der Waals surface area contributed by atoms with Crippen LogP contribution in [0.15, 0.2) is 12.4 Å². The molecule has 5 nitrogen and oxygen atoms in total. The molecule has 2 rings (SSSR count). The van der Waals surface area contributed by atoms with Crippen LogP contribution < -0.4 is 16.0 Å². The Hall–Kier alpha value is -1.36. The number of aromatic nitrogens is 2. The molecule has 0 saturated carbocycles. The van der Waals surface area contributed by atoms with E-state index in [1.165, 1.54) is 12.8 Å². The van der Waals surface area contributed by atoms with Crippen LogP contribution in [0.1, 0.15) is 12.8 Å². The number of nitrogen functional groups attached to an aromatic ring is 1. The highest BCUT2D eigenvalue weighted by Gasteiger charge is 2.15. The summed E-state index contributed by atoms with van der Waals surface area (Å²) in [5.41, 5.74) is 5.62. The maximum atomic E-state index is 5.62. The first-order chi connectivity index (χ1) is 7.75. The number of nitrogens with zero attached hydrogens (tertiary/aromatic N) is 3. The van der Waals surface area contributed by atoms with Crippen molar-refractivity contribution in [3.05, 3.63) is 12.4 Å². The van der Waals surface area contributed by atoms with E-state index in [1.54, 1.807) is 12.4 Å². The van der Waals surface area contributed by atoms with Crippen LogP contribution in [-0.2, 0) is 0 Å². The SMILES string of the molecule is CN(CC1CCNCC1)c1cncc(N)n1. The summed E-state index contributed by atoms with van der Waals surface area (Å²) in [7, 11) is 2.05. The summed E-state index contributed by atoms with van der Waals surface area (Å²) in [6.45, 7) is 3.28. The second-order valence-corrected chi connectivity index (χ2v) is 4.38. The molecule has 1 fully saturated rings. The van der Waals surface area contributed by atoms with Gasteiger partial charge in [-0.05, 0) is 31.8 Å². The molecule has 5 heteroatoms.